The maximum absolute atomic E-state index is 13.5. The number of anilines is 1. The standard InChI is InChI=1S/C24H20F3N5O3S/c1-32-21(7-11-30-32)20-13-15(24(25,26)27)3-5-17(20)18-8-12-35-22-14-16(4-6-19(18)22)36(33,34)31-23-28-9-2-10-29-23/h2-7,9-11,13-14,18H,8,12H2,1H3,(H,28,29,31)/t18-/m1/s1. The zero-order valence-electron chi connectivity index (χ0n) is 18.9. The Balaban J connectivity index is 1.56. The number of hydrogen-bond donors (Lipinski definition) is 1. The Hall–Kier alpha value is -3.93. The summed E-state index contributed by atoms with van der Waals surface area (Å²) in [6, 6.07) is 11.4. The average Bonchev–Trinajstić information content (AvgIpc) is 3.28. The van der Waals surface area contributed by atoms with Gasteiger partial charge in [-0.2, -0.15) is 18.3 Å². The third-order valence-corrected chi connectivity index (χ3v) is 7.31. The minimum absolute atomic E-state index is 0.0476. The largest absolute Gasteiger partial charge is 0.493 e. The summed E-state index contributed by atoms with van der Waals surface area (Å²) < 4.78 is 75.9. The lowest BCUT2D eigenvalue weighted by Crippen LogP contribution is -2.19. The Morgan fingerprint density at radius 1 is 1.03 bits per heavy atom. The smallest absolute Gasteiger partial charge is 0.416 e. The third-order valence-electron chi connectivity index (χ3n) is 5.98. The number of ether oxygens (including phenoxy) is 1. The molecule has 0 aliphatic carbocycles. The summed E-state index contributed by atoms with van der Waals surface area (Å²) in [4.78, 5) is 7.70. The van der Waals surface area contributed by atoms with Crippen LogP contribution >= 0.6 is 0 Å². The molecule has 2 aromatic heterocycles. The number of halogens is 3. The van der Waals surface area contributed by atoms with Gasteiger partial charge in [-0.15, -0.1) is 0 Å². The molecular weight excluding hydrogens is 495 g/mol. The second-order valence-corrected chi connectivity index (χ2v) is 9.89. The van der Waals surface area contributed by atoms with E-state index in [-0.39, 0.29) is 23.4 Å². The second kappa shape index (κ2) is 8.94. The van der Waals surface area contributed by atoms with E-state index in [4.69, 9.17) is 4.74 Å². The number of benzene rings is 2. The van der Waals surface area contributed by atoms with Gasteiger partial charge in [-0.1, -0.05) is 12.1 Å². The monoisotopic (exact) mass is 515 g/mol. The molecule has 186 valence electrons. The SMILES string of the molecule is Cn1nccc1-c1cc(C(F)(F)F)ccc1[C@H]1CCOc2cc(S(=O)(=O)Nc3ncccn3)ccc21. The molecule has 0 radical (unpaired) electrons. The lowest BCUT2D eigenvalue weighted by molar-refractivity contribution is -0.137. The van der Waals surface area contributed by atoms with Gasteiger partial charge in [-0.25, -0.2) is 23.1 Å². The quantitative estimate of drug-likeness (QED) is 0.417. The summed E-state index contributed by atoms with van der Waals surface area (Å²) >= 11 is 0. The van der Waals surface area contributed by atoms with Gasteiger partial charge in [0, 0.05) is 48.7 Å². The molecule has 0 spiro atoms. The van der Waals surface area contributed by atoms with Crippen LogP contribution in [0.2, 0.25) is 0 Å². The fourth-order valence-corrected chi connectivity index (χ4v) is 5.26. The second-order valence-electron chi connectivity index (χ2n) is 8.21. The van der Waals surface area contributed by atoms with E-state index < -0.39 is 21.8 Å². The number of sulfonamides is 1. The highest BCUT2D eigenvalue weighted by molar-refractivity contribution is 7.92. The van der Waals surface area contributed by atoms with Crippen LogP contribution in [0.4, 0.5) is 19.1 Å². The summed E-state index contributed by atoms with van der Waals surface area (Å²) in [6.07, 6.45) is 0.353. The molecule has 36 heavy (non-hydrogen) atoms. The van der Waals surface area contributed by atoms with Gasteiger partial charge >= 0.3 is 6.18 Å². The van der Waals surface area contributed by atoms with Crippen molar-refractivity contribution < 1.29 is 26.3 Å². The van der Waals surface area contributed by atoms with E-state index in [1.807, 2.05) is 0 Å². The minimum atomic E-state index is -4.50. The molecule has 12 heteroatoms. The van der Waals surface area contributed by atoms with Gasteiger partial charge < -0.3 is 4.74 Å². The highest BCUT2D eigenvalue weighted by Gasteiger charge is 2.33. The first-order valence-corrected chi connectivity index (χ1v) is 12.4. The van der Waals surface area contributed by atoms with Crippen molar-refractivity contribution in [2.45, 2.75) is 23.4 Å². The van der Waals surface area contributed by atoms with Crippen LogP contribution < -0.4 is 9.46 Å². The maximum atomic E-state index is 13.5. The van der Waals surface area contributed by atoms with Gasteiger partial charge in [0.2, 0.25) is 5.95 Å². The van der Waals surface area contributed by atoms with Crippen molar-refractivity contribution in [3.8, 4) is 17.0 Å². The first-order valence-electron chi connectivity index (χ1n) is 10.9. The molecule has 0 fully saturated rings. The first kappa shape index (κ1) is 23.8. The van der Waals surface area contributed by atoms with E-state index in [0.717, 1.165) is 12.1 Å². The van der Waals surface area contributed by atoms with Gasteiger partial charge in [0.15, 0.2) is 0 Å². The molecule has 4 aromatic rings. The Morgan fingerprint density at radius 2 is 1.78 bits per heavy atom. The van der Waals surface area contributed by atoms with Gasteiger partial charge in [-0.05, 0) is 42.3 Å². The molecule has 0 bridgehead atoms. The lowest BCUT2D eigenvalue weighted by Gasteiger charge is -2.28. The summed E-state index contributed by atoms with van der Waals surface area (Å²) in [7, 11) is -2.33. The van der Waals surface area contributed by atoms with Crippen LogP contribution in [0, 0.1) is 0 Å². The number of rotatable bonds is 5. The van der Waals surface area contributed by atoms with E-state index in [9.17, 15) is 21.6 Å². The van der Waals surface area contributed by atoms with Crippen molar-refractivity contribution in [1.29, 1.82) is 0 Å². The topological polar surface area (TPSA) is 99.0 Å². The predicted molar refractivity (Wildman–Crippen MR) is 125 cm³/mol. The number of nitrogens with one attached hydrogen (secondary N) is 1. The average molecular weight is 516 g/mol. The van der Waals surface area contributed by atoms with Crippen LogP contribution in [0.15, 0.2) is 72.0 Å². The Labute approximate surface area is 204 Å². The highest BCUT2D eigenvalue weighted by atomic mass is 32.2. The number of fused-ring (bicyclic) bond motifs is 1. The number of aryl methyl sites for hydroxylation is 1. The fourth-order valence-electron chi connectivity index (χ4n) is 4.29. The van der Waals surface area contributed by atoms with E-state index in [1.54, 1.807) is 25.2 Å². The van der Waals surface area contributed by atoms with Crippen LogP contribution in [0.1, 0.15) is 29.0 Å². The van der Waals surface area contributed by atoms with E-state index in [2.05, 4.69) is 19.8 Å². The molecule has 5 rings (SSSR count). The van der Waals surface area contributed by atoms with Gasteiger partial charge in [0.25, 0.3) is 10.0 Å². The molecule has 0 saturated heterocycles. The molecule has 0 amide bonds. The van der Waals surface area contributed by atoms with Crippen LogP contribution in [0.5, 0.6) is 5.75 Å². The molecule has 1 N–H and O–H groups in total. The van der Waals surface area contributed by atoms with E-state index in [0.29, 0.717) is 34.6 Å². The highest BCUT2D eigenvalue weighted by Crippen LogP contribution is 2.44. The Kier molecular flexibility index (Phi) is 5.91. The zero-order chi connectivity index (χ0) is 25.5. The zero-order valence-corrected chi connectivity index (χ0v) is 19.7. The number of nitrogens with zero attached hydrogens (tertiary/aromatic N) is 4. The van der Waals surface area contributed by atoms with Crippen LogP contribution in [0.25, 0.3) is 11.3 Å². The number of hydrogen-bond acceptors (Lipinski definition) is 6. The molecule has 0 saturated carbocycles. The van der Waals surface area contributed by atoms with Gasteiger partial charge in [0.1, 0.15) is 5.75 Å². The predicted octanol–water partition coefficient (Wildman–Crippen LogP) is 4.61. The van der Waals surface area contributed by atoms with Crippen molar-refractivity contribution in [2.24, 2.45) is 7.05 Å². The van der Waals surface area contributed by atoms with Gasteiger partial charge in [0.05, 0.1) is 22.8 Å². The molecule has 1 aliphatic rings. The Bertz CT molecular complexity index is 1520. The van der Waals surface area contributed by atoms with Crippen molar-refractivity contribution in [1.82, 2.24) is 19.7 Å². The number of alkyl halides is 3. The summed E-state index contributed by atoms with van der Waals surface area (Å²) in [5.74, 6) is -0.0401. The maximum Gasteiger partial charge on any atom is 0.416 e. The molecule has 1 aliphatic heterocycles. The molecule has 3 heterocycles. The van der Waals surface area contributed by atoms with E-state index in [1.165, 1.54) is 41.5 Å². The van der Waals surface area contributed by atoms with Crippen molar-refractivity contribution in [2.75, 3.05) is 11.3 Å². The van der Waals surface area contributed by atoms with Crippen LogP contribution in [-0.2, 0) is 23.2 Å². The molecule has 8 nitrogen and oxygen atoms in total. The van der Waals surface area contributed by atoms with Crippen LogP contribution in [0.3, 0.4) is 0 Å². The lowest BCUT2D eigenvalue weighted by atomic mass is 9.83. The van der Waals surface area contributed by atoms with Gasteiger partial charge in [-0.3, -0.25) is 4.68 Å². The molecule has 1 atom stereocenters. The fraction of sp³-hybridized carbons (Fsp3) is 0.208. The van der Waals surface area contributed by atoms with Crippen molar-refractivity contribution in [3.05, 3.63) is 83.8 Å². The van der Waals surface area contributed by atoms with Crippen molar-refractivity contribution in [3.63, 3.8) is 0 Å². The number of aromatic nitrogens is 4. The Morgan fingerprint density at radius 3 is 2.47 bits per heavy atom. The molecule has 0 unspecified atom stereocenters. The summed E-state index contributed by atoms with van der Waals surface area (Å²) in [6.45, 7) is 0.266. The summed E-state index contributed by atoms with van der Waals surface area (Å²) in [5, 5.41) is 4.12. The minimum Gasteiger partial charge on any atom is -0.493 e. The van der Waals surface area contributed by atoms with Crippen molar-refractivity contribution >= 4 is 16.0 Å². The summed E-state index contributed by atoms with van der Waals surface area (Å²) in [5.41, 5.74) is 1.53. The third kappa shape index (κ3) is 4.51. The molecule has 2 aromatic carbocycles. The van der Waals surface area contributed by atoms with E-state index >= 15 is 0 Å². The van der Waals surface area contributed by atoms with Crippen LogP contribution in [-0.4, -0.2) is 34.8 Å². The molecular formula is C24H20F3N5O3S. The first-order chi connectivity index (χ1) is 17.1. The normalized spacial score (nSPS) is 15.7.